The first kappa shape index (κ1) is 71.3. The normalized spacial score (nSPS) is 12.7. The Kier molecular flexibility index (Phi) is 59.8. The Morgan fingerprint density at radius 1 is 0.280 bits per heavy atom. The molecule has 0 aliphatic heterocycles. The van der Waals surface area contributed by atoms with Crippen molar-refractivity contribution >= 4 is 17.9 Å². The summed E-state index contributed by atoms with van der Waals surface area (Å²) < 4.78 is 16.8. The van der Waals surface area contributed by atoms with Gasteiger partial charge in [-0.3, -0.25) is 14.4 Å². The maximum Gasteiger partial charge on any atom is 0.306 e. The maximum absolute atomic E-state index is 12.9. The fourth-order valence-electron chi connectivity index (χ4n) is 8.83. The van der Waals surface area contributed by atoms with E-state index in [2.05, 4.69) is 118 Å². The Morgan fingerprint density at radius 3 is 0.840 bits per heavy atom. The maximum atomic E-state index is 12.9. The molecule has 0 aliphatic rings. The highest BCUT2D eigenvalue weighted by molar-refractivity contribution is 5.71. The van der Waals surface area contributed by atoms with Crippen molar-refractivity contribution in [2.24, 2.45) is 0 Å². The molecule has 1 unspecified atom stereocenters. The van der Waals surface area contributed by atoms with Crippen molar-refractivity contribution in [1.82, 2.24) is 0 Å². The number of unbranched alkanes of at least 4 members (excludes halogenated alkanes) is 30. The lowest BCUT2D eigenvalue weighted by Crippen LogP contribution is -2.30. The summed E-state index contributed by atoms with van der Waals surface area (Å²) in [6.07, 6.45) is 84.3. The highest BCUT2D eigenvalue weighted by Crippen LogP contribution is 2.16. The predicted molar refractivity (Wildman–Crippen MR) is 325 cm³/mol. The van der Waals surface area contributed by atoms with Gasteiger partial charge in [-0.05, 0) is 103 Å². The highest BCUT2D eigenvalue weighted by Gasteiger charge is 2.19. The zero-order valence-corrected chi connectivity index (χ0v) is 49.3. The molecule has 430 valence electrons. The molecule has 0 amide bonds. The molecule has 0 saturated heterocycles. The molecule has 1 atom stereocenters. The van der Waals surface area contributed by atoms with Crippen LogP contribution in [0.1, 0.15) is 303 Å². The van der Waals surface area contributed by atoms with Gasteiger partial charge in [0.2, 0.25) is 0 Å². The van der Waals surface area contributed by atoms with Crippen LogP contribution in [0.2, 0.25) is 0 Å². The van der Waals surface area contributed by atoms with Crippen molar-refractivity contribution in [3.05, 3.63) is 97.2 Å². The average molecular weight is 1040 g/mol. The molecule has 6 nitrogen and oxygen atoms in total. The molecule has 0 N–H and O–H groups in total. The Balaban J connectivity index is 4.25. The Hall–Kier alpha value is -3.67. The second kappa shape index (κ2) is 62.9. The molecule has 0 aromatic carbocycles. The number of hydrogen-bond donors (Lipinski definition) is 0. The zero-order valence-electron chi connectivity index (χ0n) is 49.3. The molecule has 0 fully saturated rings. The number of carbonyl (C=O) groups is 3. The number of allylic oxidation sites excluding steroid dienone is 16. The third-order valence-corrected chi connectivity index (χ3v) is 13.6. The first-order valence-corrected chi connectivity index (χ1v) is 31.7. The van der Waals surface area contributed by atoms with Crippen molar-refractivity contribution in [2.75, 3.05) is 13.2 Å². The summed E-state index contributed by atoms with van der Waals surface area (Å²) in [6, 6.07) is 0. The van der Waals surface area contributed by atoms with Crippen LogP contribution in [0.25, 0.3) is 0 Å². The number of ether oxygens (including phenoxy) is 3. The molecule has 75 heavy (non-hydrogen) atoms. The van der Waals surface area contributed by atoms with Crippen LogP contribution in [-0.2, 0) is 28.6 Å². The van der Waals surface area contributed by atoms with Crippen LogP contribution in [0, 0.1) is 0 Å². The van der Waals surface area contributed by atoms with Crippen LogP contribution in [-0.4, -0.2) is 37.2 Å². The minimum absolute atomic E-state index is 0.0931. The molecule has 0 radical (unpaired) electrons. The van der Waals surface area contributed by atoms with Gasteiger partial charge in [0.1, 0.15) is 13.2 Å². The van der Waals surface area contributed by atoms with Gasteiger partial charge in [-0.1, -0.05) is 279 Å². The second-order valence-corrected chi connectivity index (χ2v) is 20.9. The van der Waals surface area contributed by atoms with E-state index < -0.39 is 6.10 Å². The number of esters is 3. The van der Waals surface area contributed by atoms with Gasteiger partial charge in [0.15, 0.2) is 6.10 Å². The molecular weight excluding hydrogens is 925 g/mol. The van der Waals surface area contributed by atoms with E-state index in [1.807, 2.05) is 0 Å². The lowest BCUT2D eigenvalue weighted by molar-refractivity contribution is -0.167. The third kappa shape index (κ3) is 61.1. The number of hydrogen-bond acceptors (Lipinski definition) is 6. The standard InChI is InChI=1S/C69H118O6/c1-4-7-10-13-16-19-21-23-25-27-29-31-32-33-34-35-36-38-39-41-43-45-47-50-53-56-59-62-68(71)74-65-66(64-73-67(70)61-58-55-52-49-18-15-12-9-6-3)75-69(72)63-60-57-54-51-48-46-44-42-40-37-30-28-26-24-22-20-17-14-11-8-5-2/h8,11,17,20-21,23-24,26-27,29-30,37,42,44,48,51,66H,4-7,9-10,12-16,18-19,22,25,28,31-36,38-41,43,45-47,49-50,52-65H2,1-3H3/b11-8-,20-17-,23-21-,26-24-,29-27-,37-30-,44-42-,51-48-. The summed E-state index contributed by atoms with van der Waals surface area (Å²) in [5.74, 6) is -0.932. The average Bonchev–Trinajstić information content (AvgIpc) is 3.41. The first-order valence-electron chi connectivity index (χ1n) is 31.7. The first-order chi connectivity index (χ1) is 37.0. The summed E-state index contributed by atoms with van der Waals surface area (Å²) in [5.41, 5.74) is 0. The summed E-state index contributed by atoms with van der Waals surface area (Å²) >= 11 is 0. The molecule has 0 aromatic heterocycles. The van der Waals surface area contributed by atoms with Crippen molar-refractivity contribution in [2.45, 2.75) is 309 Å². The van der Waals surface area contributed by atoms with Gasteiger partial charge in [0, 0.05) is 19.3 Å². The lowest BCUT2D eigenvalue weighted by Gasteiger charge is -2.18. The summed E-state index contributed by atoms with van der Waals surface area (Å²) in [7, 11) is 0. The largest absolute Gasteiger partial charge is 0.462 e. The monoisotopic (exact) mass is 1040 g/mol. The summed E-state index contributed by atoms with van der Waals surface area (Å²) in [6.45, 7) is 6.48. The van der Waals surface area contributed by atoms with Gasteiger partial charge in [0.25, 0.3) is 0 Å². The van der Waals surface area contributed by atoms with Crippen molar-refractivity contribution in [1.29, 1.82) is 0 Å². The fraction of sp³-hybridized carbons (Fsp3) is 0.725. The van der Waals surface area contributed by atoms with E-state index in [9.17, 15) is 14.4 Å². The van der Waals surface area contributed by atoms with E-state index in [4.69, 9.17) is 14.2 Å². The molecule has 0 rings (SSSR count). The van der Waals surface area contributed by atoms with E-state index in [-0.39, 0.29) is 37.5 Å². The van der Waals surface area contributed by atoms with Crippen LogP contribution in [0.5, 0.6) is 0 Å². The van der Waals surface area contributed by atoms with Crippen LogP contribution in [0.3, 0.4) is 0 Å². The van der Waals surface area contributed by atoms with Gasteiger partial charge in [0.05, 0.1) is 0 Å². The topological polar surface area (TPSA) is 78.9 Å². The van der Waals surface area contributed by atoms with Crippen LogP contribution in [0.15, 0.2) is 97.2 Å². The van der Waals surface area contributed by atoms with E-state index >= 15 is 0 Å². The van der Waals surface area contributed by atoms with Crippen molar-refractivity contribution < 1.29 is 28.6 Å². The molecule has 0 aromatic rings. The quantitative estimate of drug-likeness (QED) is 0.0261. The van der Waals surface area contributed by atoms with Crippen molar-refractivity contribution in [3.63, 3.8) is 0 Å². The van der Waals surface area contributed by atoms with Gasteiger partial charge < -0.3 is 14.2 Å². The van der Waals surface area contributed by atoms with E-state index in [1.165, 1.54) is 161 Å². The number of carbonyl (C=O) groups excluding carboxylic acids is 3. The van der Waals surface area contributed by atoms with Crippen LogP contribution >= 0.6 is 0 Å². The van der Waals surface area contributed by atoms with E-state index in [0.717, 1.165) is 96.3 Å². The minimum atomic E-state index is -0.799. The van der Waals surface area contributed by atoms with E-state index in [1.54, 1.807) is 0 Å². The third-order valence-electron chi connectivity index (χ3n) is 13.6. The molecule has 0 spiro atoms. The number of rotatable bonds is 57. The van der Waals surface area contributed by atoms with E-state index in [0.29, 0.717) is 19.3 Å². The van der Waals surface area contributed by atoms with Crippen LogP contribution in [0.4, 0.5) is 0 Å². The Morgan fingerprint density at radius 2 is 0.520 bits per heavy atom. The van der Waals surface area contributed by atoms with Crippen LogP contribution < -0.4 is 0 Å². The van der Waals surface area contributed by atoms with Gasteiger partial charge in [-0.15, -0.1) is 0 Å². The Labute approximate surface area is 464 Å². The van der Waals surface area contributed by atoms with Gasteiger partial charge >= 0.3 is 17.9 Å². The molecule has 0 aliphatic carbocycles. The Bertz CT molecular complexity index is 1480. The SMILES string of the molecule is CC/C=C\C/C=C\C/C=C\C/C=C\C/C=C\C/C=C\CCCCC(=O)OC(COC(=O)CCCCCCCCCCC)COC(=O)CCCCCCCCCCCCCCCCC/C=C\C/C=C\CCCCCCC. The van der Waals surface area contributed by atoms with Gasteiger partial charge in [-0.25, -0.2) is 0 Å². The molecule has 0 heterocycles. The lowest BCUT2D eigenvalue weighted by atomic mass is 10.0. The molecule has 0 saturated carbocycles. The van der Waals surface area contributed by atoms with Gasteiger partial charge in [-0.2, -0.15) is 0 Å². The smallest absolute Gasteiger partial charge is 0.306 e. The summed E-state index contributed by atoms with van der Waals surface area (Å²) in [5, 5.41) is 0. The molecule has 6 heteroatoms. The van der Waals surface area contributed by atoms with Crippen molar-refractivity contribution in [3.8, 4) is 0 Å². The second-order valence-electron chi connectivity index (χ2n) is 20.9. The highest BCUT2D eigenvalue weighted by atomic mass is 16.6. The minimum Gasteiger partial charge on any atom is -0.462 e. The predicted octanol–water partition coefficient (Wildman–Crippen LogP) is 21.7. The summed E-state index contributed by atoms with van der Waals surface area (Å²) in [4.78, 5) is 38.1. The molecular formula is C69H118O6. The zero-order chi connectivity index (χ0) is 54.3. The molecule has 0 bridgehead atoms. The fourth-order valence-corrected chi connectivity index (χ4v) is 8.83.